The number of para-hydroxylation sites is 1. The first-order chi connectivity index (χ1) is 14.1. The van der Waals surface area contributed by atoms with Crippen molar-refractivity contribution in [3.8, 4) is 0 Å². The fourth-order valence-electron chi connectivity index (χ4n) is 3.90. The number of hydrogen-bond donors (Lipinski definition) is 0. The van der Waals surface area contributed by atoms with Crippen LogP contribution in [-0.2, 0) is 10.2 Å². The SMILES string of the molecule is CN(C)C(=O)CC1(c2ccccc2)CN(c2ccccc2)N=C1c1ccccc1. The predicted molar refractivity (Wildman–Crippen MR) is 118 cm³/mol. The van der Waals surface area contributed by atoms with E-state index in [1.54, 1.807) is 4.90 Å². The van der Waals surface area contributed by atoms with E-state index < -0.39 is 5.41 Å². The third-order valence-electron chi connectivity index (χ3n) is 5.47. The van der Waals surface area contributed by atoms with Gasteiger partial charge in [0.25, 0.3) is 0 Å². The maximum absolute atomic E-state index is 12.9. The molecule has 0 N–H and O–H groups in total. The molecule has 1 amide bonds. The highest BCUT2D eigenvalue weighted by Gasteiger charge is 2.47. The van der Waals surface area contributed by atoms with E-state index in [-0.39, 0.29) is 5.91 Å². The van der Waals surface area contributed by atoms with Crippen LogP contribution in [-0.4, -0.2) is 37.2 Å². The lowest BCUT2D eigenvalue weighted by Crippen LogP contribution is -2.43. The minimum Gasteiger partial charge on any atom is -0.349 e. The average molecular weight is 383 g/mol. The summed E-state index contributed by atoms with van der Waals surface area (Å²) >= 11 is 0. The van der Waals surface area contributed by atoms with Crippen LogP contribution in [0.4, 0.5) is 5.69 Å². The number of hydrogen-bond acceptors (Lipinski definition) is 3. The van der Waals surface area contributed by atoms with Crippen LogP contribution in [0.2, 0.25) is 0 Å². The van der Waals surface area contributed by atoms with Gasteiger partial charge in [-0.25, -0.2) is 0 Å². The van der Waals surface area contributed by atoms with Gasteiger partial charge in [0, 0.05) is 20.5 Å². The smallest absolute Gasteiger partial charge is 0.223 e. The molecule has 1 aliphatic heterocycles. The van der Waals surface area contributed by atoms with Gasteiger partial charge in [-0.2, -0.15) is 5.10 Å². The zero-order chi connectivity index (χ0) is 20.3. The largest absolute Gasteiger partial charge is 0.349 e. The van der Waals surface area contributed by atoms with Crippen LogP contribution in [0.5, 0.6) is 0 Å². The van der Waals surface area contributed by atoms with Crippen molar-refractivity contribution in [3.05, 3.63) is 102 Å². The van der Waals surface area contributed by atoms with E-state index in [1.165, 1.54) is 0 Å². The molecule has 0 radical (unpaired) electrons. The molecule has 0 fully saturated rings. The summed E-state index contributed by atoms with van der Waals surface area (Å²) in [5.41, 5.74) is 3.58. The van der Waals surface area contributed by atoms with Crippen molar-refractivity contribution in [1.82, 2.24) is 4.90 Å². The molecule has 1 unspecified atom stereocenters. The van der Waals surface area contributed by atoms with E-state index in [1.807, 2.05) is 73.7 Å². The van der Waals surface area contributed by atoms with E-state index in [0.29, 0.717) is 13.0 Å². The topological polar surface area (TPSA) is 35.9 Å². The van der Waals surface area contributed by atoms with Gasteiger partial charge in [0.2, 0.25) is 5.91 Å². The van der Waals surface area contributed by atoms with Crippen LogP contribution in [0.15, 0.2) is 96.1 Å². The van der Waals surface area contributed by atoms with E-state index in [4.69, 9.17) is 5.10 Å². The Hall–Kier alpha value is -3.40. The summed E-state index contributed by atoms with van der Waals surface area (Å²) in [7, 11) is 3.62. The molecule has 4 rings (SSSR count). The van der Waals surface area contributed by atoms with Crippen LogP contribution < -0.4 is 5.01 Å². The fourth-order valence-corrected chi connectivity index (χ4v) is 3.90. The van der Waals surface area contributed by atoms with Crippen molar-refractivity contribution in [1.29, 1.82) is 0 Å². The van der Waals surface area contributed by atoms with Crippen LogP contribution in [0, 0.1) is 0 Å². The van der Waals surface area contributed by atoms with Crippen molar-refractivity contribution in [2.45, 2.75) is 11.8 Å². The molecular formula is C25H25N3O. The fraction of sp³-hybridized carbons (Fsp3) is 0.200. The molecule has 3 aromatic rings. The van der Waals surface area contributed by atoms with Gasteiger partial charge in [0.05, 0.1) is 23.4 Å². The molecule has 4 heteroatoms. The summed E-state index contributed by atoms with van der Waals surface area (Å²) in [6.45, 7) is 0.616. The second-order valence-electron chi connectivity index (χ2n) is 7.62. The second kappa shape index (κ2) is 7.92. The molecule has 0 bridgehead atoms. The minimum absolute atomic E-state index is 0.0902. The summed E-state index contributed by atoms with van der Waals surface area (Å²) in [6.07, 6.45) is 0.362. The monoisotopic (exact) mass is 383 g/mol. The predicted octanol–water partition coefficient (Wildman–Crippen LogP) is 4.33. The number of amides is 1. The van der Waals surface area contributed by atoms with Crippen molar-refractivity contribution >= 4 is 17.3 Å². The van der Waals surface area contributed by atoms with Gasteiger partial charge in [-0.15, -0.1) is 0 Å². The zero-order valence-corrected chi connectivity index (χ0v) is 16.8. The Morgan fingerprint density at radius 2 is 1.45 bits per heavy atom. The molecule has 3 aromatic carbocycles. The lowest BCUT2D eigenvalue weighted by Gasteiger charge is -2.32. The molecule has 29 heavy (non-hydrogen) atoms. The first kappa shape index (κ1) is 18.9. The Bertz CT molecular complexity index is 1000. The van der Waals surface area contributed by atoms with Crippen molar-refractivity contribution < 1.29 is 4.79 Å². The van der Waals surface area contributed by atoms with Gasteiger partial charge in [0.1, 0.15) is 0 Å². The molecule has 4 nitrogen and oxygen atoms in total. The lowest BCUT2D eigenvalue weighted by molar-refractivity contribution is -0.129. The van der Waals surface area contributed by atoms with Crippen molar-refractivity contribution in [3.63, 3.8) is 0 Å². The van der Waals surface area contributed by atoms with Crippen LogP contribution in [0.3, 0.4) is 0 Å². The normalized spacial score (nSPS) is 18.4. The standard InChI is InChI=1S/C25H25N3O/c1-27(2)23(29)18-25(21-14-8-4-9-15-21)19-28(22-16-10-5-11-17-22)26-24(25)20-12-6-3-7-13-20/h3-17H,18-19H2,1-2H3. The Kier molecular flexibility index (Phi) is 5.17. The molecule has 1 aliphatic rings. The third kappa shape index (κ3) is 3.66. The Balaban J connectivity index is 1.89. The van der Waals surface area contributed by atoms with Crippen molar-refractivity contribution in [2.75, 3.05) is 25.6 Å². The Morgan fingerprint density at radius 1 is 0.897 bits per heavy atom. The summed E-state index contributed by atoms with van der Waals surface area (Å²) in [5.74, 6) is 0.0902. The van der Waals surface area contributed by atoms with E-state index in [0.717, 1.165) is 22.5 Å². The molecule has 146 valence electrons. The van der Waals surface area contributed by atoms with E-state index in [9.17, 15) is 4.79 Å². The molecule has 0 saturated heterocycles. The van der Waals surface area contributed by atoms with Gasteiger partial charge in [-0.1, -0.05) is 78.9 Å². The molecule has 0 saturated carbocycles. The van der Waals surface area contributed by atoms with Gasteiger partial charge in [-0.05, 0) is 23.3 Å². The number of benzene rings is 3. The van der Waals surface area contributed by atoms with E-state index >= 15 is 0 Å². The van der Waals surface area contributed by atoms with Gasteiger partial charge in [-0.3, -0.25) is 9.80 Å². The summed E-state index contributed by atoms with van der Waals surface area (Å²) in [5, 5.41) is 7.08. The van der Waals surface area contributed by atoms with Crippen LogP contribution in [0.1, 0.15) is 17.5 Å². The maximum Gasteiger partial charge on any atom is 0.223 e. The number of carbonyl (C=O) groups is 1. The molecule has 1 heterocycles. The van der Waals surface area contributed by atoms with Gasteiger partial charge < -0.3 is 4.90 Å². The van der Waals surface area contributed by atoms with Gasteiger partial charge >= 0.3 is 0 Å². The molecule has 0 spiro atoms. The number of carbonyl (C=O) groups excluding carboxylic acids is 1. The third-order valence-corrected chi connectivity index (χ3v) is 5.47. The first-order valence-corrected chi connectivity index (χ1v) is 9.83. The Morgan fingerprint density at radius 3 is 2.03 bits per heavy atom. The maximum atomic E-state index is 12.9. The molecule has 1 atom stereocenters. The van der Waals surface area contributed by atoms with Crippen LogP contribution >= 0.6 is 0 Å². The number of hydrazone groups is 1. The van der Waals surface area contributed by atoms with Crippen LogP contribution in [0.25, 0.3) is 0 Å². The molecule has 0 aromatic heterocycles. The second-order valence-corrected chi connectivity index (χ2v) is 7.62. The quantitative estimate of drug-likeness (QED) is 0.658. The molecule has 0 aliphatic carbocycles. The average Bonchev–Trinajstić information content (AvgIpc) is 3.16. The summed E-state index contributed by atoms with van der Waals surface area (Å²) in [6, 6.07) is 30.6. The lowest BCUT2D eigenvalue weighted by atomic mass is 9.71. The van der Waals surface area contributed by atoms with E-state index in [2.05, 4.69) is 36.4 Å². The zero-order valence-electron chi connectivity index (χ0n) is 16.8. The highest BCUT2D eigenvalue weighted by molar-refractivity contribution is 6.12. The first-order valence-electron chi connectivity index (χ1n) is 9.83. The summed E-state index contributed by atoms with van der Waals surface area (Å²) in [4.78, 5) is 14.6. The number of nitrogens with zero attached hydrogens (tertiary/aromatic N) is 3. The summed E-state index contributed by atoms with van der Waals surface area (Å²) < 4.78 is 0. The van der Waals surface area contributed by atoms with Gasteiger partial charge in [0.15, 0.2) is 0 Å². The highest BCUT2D eigenvalue weighted by Crippen LogP contribution is 2.40. The number of anilines is 1. The number of rotatable bonds is 5. The van der Waals surface area contributed by atoms with Crippen molar-refractivity contribution in [2.24, 2.45) is 5.10 Å². The molecular weight excluding hydrogens is 358 g/mol. The Labute approximate surface area is 172 Å². The minimum atomic E-state index is -0.528. The highest BCUT2D eigenvalue weighted by atomic mass is 16.2.